The Hall–Kier alpha value is -1.67. The second-order valence-corrected chi connectivity index (χ2v) is 6.12. The molecule has 1 rings (SSSR count). The molecule has 0 fully saturated rings. The number of aromatic nitrogens is 1. The van der Waals surface area contributed by atoms with Crippen molar-refractivity contribution < 1.29 is 9.53 Å². The Morgan fingerprint density at radius 3 is 2.82 bits per heavy atom. The maximum absolute atomic E-state index is 11.9. The monoisotopic (exact) mass is 320 g/mol. The predicted octanol–water partition coefficient (Wildman–Crippen LogP) is 3.72. The molecule has 1 heterocycles. The van der Waals surface area contributed by atoms with E-state index in [1.807, 2.05) is 32.2 Å². The van der Waals surface area contributed by atoms with Gasteiger partial charge in [-0.1, -0.05) is 13.3 Å². The molecule has 5 heteroatoms. The van der Waals surface area contributed by atoms with Crippen LogP contribution in [0.4, 0.5) is 0 Å². The van der Waals surface area contributed by atoms with Crippen molar-refractivity contribution in [1.82, 2.24) is 4.57 Å². The maximum Gasteiger partial charge on any atom is 0.348 e. The van der Waals surface area contributed by atoms with Gasteiger partial charge in [0.25, 0.3) is 0 Å². The molecule has 22 heavy (non-hydrogen) atoms. The van der Waals surface area contributed by atoms with Gasteiger partial charge in [-0.2, -0.15) is 17.0 Å². The van der Waals surface area contributed by atoms with Crippen LogP contribution < -0.4 is 0 Å². The van der Waals surface area contributed by atoms with E-state index < -0.39 is 5.97 Å². The quantitative estimate of drug-likeness (QED) is 0.317. The fourth-order valence-corrected chi connectivity index (χ4v) is 2.47. The standard InChI is InChI=1S/C17H24N2O2S/c1-5-6-7-19-13(2)10-15(14(19)3)11-16(12-18)17(20)21-8-9-22-4/h10-11H,5-9H2,1-4H3/b16-11-. The third-order valence-corrected chi connectivity index (χ3v) is 4.08. The number of esters is 1. The Morgan fingerprint density at radius 1 is 1.50 bits per heavy atom. The van der Waals surface area contributed by atoms with Crippen molar-refractivity contribution in [2.24, 2.45) is 0 Å². The highest BCUT2D eigenvalue weighted by atomic mass is 32.2. The topological polar surface area (TPSA) is 55.0 Å². The second-order valence-electron chi connectivity index (χ2n) is 5.13. The number of hydrogen-bond acceptors (Lipinski definition) is 4. The number of carbonyl (C=O) groups is 1. The minimum Gasteiger partial charge on any atom is -0.461 e. The number of nitrogens with zero attached hydrogens (tertiary/aromatic N) is 2. The molecule has 0 saturated heterocycles. The number of thioether (sulfide) groups is 1. The molecule has 0 atom stereocenters. The smallest absolute Gasteiger partial charge is 0.348 e. The van der Waals surface area contributed by atoms with Gasteiger partial charge in [0.05, 0.1) is 0 Å². The van der Waals surface area contributed by atoms with Gasteiger partial charge in [-0.3, -0.25) is 0 Å². The van der Waals surface area contributed by atoms with E-state index >= 15 is 0 Å². The number of rotatable bonds is 8. The molecule has 0 N–H and O–H groups in total. The summed E-state index contributed by atoms with van der Waals surface area (Å²) in [7, 11) is 0. The number of hydrogen-bond donors (Lipinski definition) is 0. The summed E-state index contributed by atoms with van der Waals surface area (Å²) >= 11 is 1.60. The molecule has 0 radical (unpaired) electrons. The highest BCUT2D eigenvalue weighted by Gasteiger charge is 2.13. The lowest BCUT2D eigenvalue weighted by Crippen LogP contribution is -2.09. The summed E-state index contributed by atoms with van der Waals surface area (Å²) in [5.74, 6) is 0.186. The second kappa shape index (κ2) is 9.37. The van der Waals surface area contributed by atoms with Gasteiger partial charge in [-0.25, -0.2) is 4.79 Å². The number of unbranched alkanes of at least 4 members (excludes halogenated alkanes) is 1. The predicted molar refractivity (Wildman–Crippen MR) is 91.7 cm³/mol. The van der Waals surface area contributed by atoms with Gasteiger partial charge in [-0.15, -0.1) is 0 Å². The largest absolute Gasteiger partial charge is 0.461 e. The summed E-state index contributed by atoms with van der Waals surface area (Å²) in [5.41, 5.74) is 3.18. The van der Waals surface area contributed by atoms with E-state index in [0.29, 0.717) is 6.61 Å². The molecule has 0 aliphatic heterocycles. The van der Waals surface area contributed by atoms with Gasteiger partial charge < -0.3 is 9.30 Å². The molecule has 0 aliphatic rings. The molecule has 0 unspecified atom stereocenters. The molecular formula is C17H24N2O2S. The Bertz CT molecular complexity index is 582. The molecule has 0 saturated carbocycles. The fraction of sp³-hybridized carbons (Fsp3) is 0.529. The van der Waals surface area contributed by atoms with Crippen molar-refractivity contribution in [3.05, 3.63) is 28.6 Å². The number of ether oxygens (including phenoxy) is 1. The van der Waals surface area contributed by atoms with Crippen LogP contribution in [0.2, 0.25) is 0 Å². The Kier molecular flexibility index (Phi) is 7.83. The minimum atomic E-state index is -0.546. The molecule has 1 aromatic rings. The van der Waals surface area contributed by atoms with Crippen LogP contribution in [-0.4, -0.2) is 29.2 Å². The average molecular weight is 320 g/mol. The van der Waals surface area contributed by atoms with Crippen LogP contribution in [-0.2, 0) is 16.1 Å². The van der Waals surface area contributed by atoms with Crippen molar-refractivity contribution in [2.75, 3.05) is 18.6 Å². The Balaban J connectivity index is 2.94. The van der Waals surface area contributed by atoms with E-state index in [0.717, 1.165) is 42.1 Å². The molecule has 0 aromatic carbocycles. The minimum absolute atomic E-state index is 0.0526. The third kappa shape index (κ3) is 4.96. The van der Waals surface area contributed by atoms with E-state index in [4.69, 9.17) is 4.74 Å². The lowest BCUT2D eigenvalue weighted by atomic mass is 10.1. The van der Waals surface area contributed by atoms with Crippen LogP contribution in [0.1, 0.15) is 36.7 Å². The first-order valence-corrected chi connectivity index (χ1v) is 8.89. The zero-order valence-corrected chi connectivity index (χ0v) is 14.6. The summed E-state index contributed by atoms with van der Waals surface area (Å²) < 4.78 is 7.32. The summed E-state index contributed by atoms with van der Waals surface area (Å²) in [6.07, 6.45) is 5.82. The first kappa shape index (κ1) is 18.4. The molecule has 4 nitrogen and oxygen atoms in total. The van der Waals surface area contributed by atoms with Crippen LogP contribution in [0, 0.1) is 25.2 Å². The highest BCUT2D eigenvalue weighted by molar-refractivity contribution is 7.98. The van der Waals surface area contributed by atoms with Gasteiger partial charge >= 0.3 is 5.97 Å². The zero-order chi connectivity index (χ0) is 16.5. The number of nitriles is 1. The summed E-state index contributed by atoms with van der Waals surface area (Å²) in [5, 5.41) is 9.19. The molecule has 1 aromatic heterocycles. The summed E-state index contributed by atoms with van der Waals surface area (Å²) in [6.45, 7) is 7.51. The number of carbonyl (C=O) groups excluding carboxylic acids is 1. The van der Waals surface area contributed by atoms with Crippen LogP contribution in [0.3, 0.4) is 0 Å². The maximum atomic E-state index is 11.9. The van der Waals surface area contributed by atoms with Crippen molar-refractivity contribution >= 4 is 23.8 Å². The lowest BCUT2D eigenvalue weighted by Gasteiger charge is -2.08. The molecular weight excluding hydrogens is 296 g/mol. The normalized spacial score (nSPS) is 11.3. The molecule has 0 spiro atoms. The molecule has 120 valence electrons. The van der Waals surface area contributed by atoms with Crippen LogP contribution in [0.5, 0.6) is 0 Å². The Morgan fingerprint density at radius 2 is 2.23 bits per heavy atom. The van der Waals surface area contributed by atoms with Crippen molar-refractivity contribution in [3.63, 3.8) is 0 Å². The highest BCUT2D eigenvalue weighted by Crippen LogP contribution is 2.19. The van der Waals surface area contributed by atoms with Gasteiger partial charge in [-0.05, 0) is 44.2 Å². The van der Waals surface area contributed by atoms with Crippen LogP contribution >= 0.6 is 11.8 Å². The third-order valence-electron chi connectivity index (χ3n) is 3.51. The Labute approximate surface area is 137 Å². The van der Waals surface area contributed by atoms with E-state index in [1.54, 1.807) is 17.8 Å². The SMILES string of the molecule is CCCCn1c(C)cc(/C=C(/C#N)C(=O)OCCSC)c1C. The summed E-state index contributed by atoms with van der Waals surface area (Å²) in [4.78, 5) is 11.9. The average Bonchev–Trinajstić information content (AvgIpc) is 2.77. The van der Waals surface area contributed by atoms with E-state index in [1.165, 1.54) is 0 Å². The van der Waals surface area contributed by atoms with E-state index in [-0.39, 0.29) is 5.57 Å². The van der Waals surface area contributed by atoms with Gasteiger partial charge in [0, 0.05) is 23.7 Å². The van der Waals surface area contributed by atoms with Gasteiger partial charge in [0.2, 0.25) is 0 Å². The first-order valence-electron chi connectivity index (χ1n) is 7.49. The van der Waals surface area contributed by atoms with Gasteiger partial charge in [0.1, 0.15) is 18.2 Å². The van der Waals surface area contributed by atoms with E-state index in [2.05, 4.69) is 11.5 Å². The van der Waals surface area contributed by atoms with Gasteiger partial charge in [0.15, 0.2) is 0 Å². The fourth-order valence-electron chi connectivity index (χ4n) is 2.22. The van der Waals surface area contributed by atoms with Crippen LogP contribution in [0.15, 0.2) is 11.6 Å². The lowest BCUT2D eigenvalue weighted by molar-refractivity contribution is -0.137. The van der Waals surface area contributed by atoms with Crippen molar-refractivity contribution in [2.45, 2.75) is 40.2 Å². The first-order chi connectivity index (χ1) is 10.5. The zero-order valence-electron chi connectivity index (χ0n) is 13.8. The van der Waals surface area contributed by atoms with Crippen molar-refractivity contribution in [3.8, 4) is 6.07 Å². The number of aryl methyl sites for hydroxylation is 1. The van der Waals surface area contributed by atoms with Crippen molar-refractivity contribution in [1.29, 1.82) is 5.26 Å². The van der Waals surface area contributed by atoms with Crippen LogP contribution in [0.25, 0.3) is 6.08 Å². The summed E-state index contributed by atoms with van der Waals surface area (Å²) in [6, 6.07) is 3.96. The van der Waals surface area contributed by atoms with E-state index in [9.17, 15) is 10.1 Å². The molecule has 0 aliphatic carbocycles. The molecule has 0 bridgehead atoms. The molecule has 0 amide bonds.